The molecule has 3 aromatic rings. The number of benzene rings is 1. The minimum atomic E-state index is -0.689. The van der Waals surface area contributed by atoms with Crippen molar-refractivity contribution < 1.29 is 14.3 Å². The summed E-state index contributed by atoms with van der Waals surface area (Å²) in [5.41, 5.74) is 1.04. The van der Waals surface area contributed by atoms with E-state index in [1.807, 2.05) is 19.1 Å². The molecular weight excluding hydrogens is 411 g/mol. The Bertz CT molecular complexity index is 1260. The Morgan fingerprint density at radius 3 is 2.78 bits per heavy atom. The van der Waals surface area contributed by atoms with Gasteiger partial charge in [-0.25, -0.2) is 9.37 Å². The van der Waals surface area contributed by atoms with E-state index in [9.17, 15) is 19.1 Å². The summed E-state index contributed by atoms with van der Waals surface area (Å²) in [6, 6.07) is 6.23. The fraction of sp³-hybridized carbons (Fsp3) is 0.375. The number of nitrogens with zero attached hydrogens (tertiary/aromatic N) is 3. The number of aromatic hydroxyl groups is 1. The van der Waals surface area contributed by atoms with Crippen molar-refractivity contribution in [3.8, 4) is 5.75 Å². The standard InChI is InChI=1S/C24H25FN4O3/c1-14-4-6-16-10-17(25)11-18-21(16)29(14)24(32)20(22(18)30)23(31)27-13-15-5-7-19(26-12-15)28-8-2-3-9-28/h5,7,10-12,14,30H,2-4,6,8-9,13H2,1H3,(H,27,31). The summed E-state index contributed by atoms with van der Waals surface area (Å²) in [4.78, 5) is 32.8. The molecule has 7 nitrogen and oxygen atoms in total. The molecule has 1 saturated heterocycles. The van der Waals surface area contributed by atoms with E-state index >= 15 is 0 Å². The maximum absolute atomic E-state index is 14.2. The van der Waals surface area contributed by atoms with E-state index < -0.39 is 23.0 Å². The number of anilines is 1. The highest BCUT2D eigenvalue weighted by molar-refractivity contribution is 6.03. The highest BCUT2D eigenvalue weighted by Gasteiger charge is 2.28. The summed E-state index contributed by atoms with van der Waals surface area (Å²) in [5, 5.41) is 13.7. The first kappa shape index (κ1) is 20.5. The molecule has 1 fully saturated rings. The van der Waals surface area contributed by atoms with Crippen molar-refractivity contribution in [1.82, 2.24) is 14.9 Å². The Balaban J connectivity index is 1.44. The molecule has 2 aliphatic heterocycles. The molecule has 32 heavy (non-hydrogen) atoms. The zero-order chi connectivity index (χ0) is 22.4. The van der Waals surface area contributed by atoms with Crippen molar-refractivity contribution in [2.24, 2.45) is 0 Å². The third-order valence-electron chi connectivity index (χ3n) is 6.51. The smallest absolute Gasteiger partial charge is 0.267 e. The van der Waals surface area contributed by atoms with Gasteiger partial charge in [0.25, 0.3) is 11.5 Å². The number of aromatic nitrogens is 2. The predicted octanol–water partition coefficient (Wildman–Crippen LogP) is 3.28. The van der Waals surface area contributed by atoms with Gasteiger partial charge in [-0.05, 0) is 61.9 Å². The number of hydrogen-bond acceptors (Lipinski definition) is 5. The number of pyridine rings is 2. The average molecular weight is 436 g/mol. The lowest BCUT2D eigenvalue weighted by atomic mass is 9.95. The van der Waals surface area contributed by atoms with Crippen LogP contribution in [-0.4, -0.2) is 33.7 Å². The Morgan fingerprint density at radius 1 is 1.28 bits per heavy atom. The maximum atomic E-state index is 14.2. The fourth-order valence-electron chi connectivity index (χ4n) is 4.81. The topological polar surface area (TPSA) is 87.5 Å². The Morgan fingerprint density at radius 2 is 2.06 bits per heavy atom. The minimum Gasteiger partial charge on any atom is -0.506 e. The largest absolute Gasteiger partial charge is 0.506 e. The van der Waals surface area contributed by atoms with Gasteiger partial charge in [0.15, 0.2) is 0 Å². The van der Waals surface area contributed by atoms with Gasteiger partial charge in [-0.2, -0.15) is 0 Å². The number of hydrogen-bond donors (Lipinski definition) is 2. The molecule has 0 saturated carbocycles. The van der Waals surface area contributed by atoms with Crippen LogP contribution in [0.15, 0.2) is 35.3 Å². The Kier molecular flexibility index (Phi) is 5.07. The minimum absolute atomic E-state index is 0.155. The maximum Gasteiger partial charge on any atom is 0.267 e. The van der Waals surface area contributed by atoms with Crippen LogP contribution in [0.1, 0.15) is 53.7 Å². The summed E-state index contributed by atoms with van der Waals surface area (Å²) in [6.45, 7) is 4.04. The van der Waals surface area contributed by atoms with Crippen molar-refractivity contribution in [3.05, 3.63) is 63.3 Å². The number of nitrogens with one attached hydrogen (secondary N) is 1. The molecule has 1 aromatic carbocycles. The van der Waals surface area contributed by atoms with Crippen LogP contribution in [0.2, 0.25) is 0 Å². The molecule has 4 heterocycles. The van der Waals surface area contributed by atoms with Gasteiger partial charge in [-0.1, -0.05) is 6.07 Å². The number of aryl methyl sites for hydroxylation is 1. The van der Waals surface area contributed by atoms with Gasteiger partial charge in [0, 0.05) is 37.3 Å². The molecule has 1 amide bonds. The fourth-order valence-corrected chi connectivity index (χ4v) is 4.81. The van der Waals surface area contributed by atoms with E-state index in [-0.39, 0.29) is 23.5 Å². The highest BCUT2D eigenvalue weighted by atomic mass is 19.1. The van der Waals surface area contributed by atoms with E-state index in [1.165, 1.54) is 16.7 Å². The highest BCUT2D eigenvalue weighted by Crippen LogP contribution is 2.35. The van der Waals surface area contributed by atoms with Crippen LogP contribution in [0.4, 0.5) is 10.2 Å². The van der Waals surface area contributed by atoms with Crippen LogP contribution in [0.3, 0.4) is 0 Å². The van der Waals surface area contributed by atoms with Gasteiger partial charge in [0.1, 0.15) is 22.9 Å². The van der Waals surface area contributed by atoms with Crippen LogP contribution < -0.4 is 15.8 Å². The van der Waals surface area contributed by atoms with Crippen molar-refractivity contribution in [2.75, 3.05) is 18.0 Å². The molecule has 0 spiro atoms. The van der Waals surface area contributed by atoms with Gasteiger partial charge in [-0.15, -0.1) is 0 Å². The molecule has 2 N–H and O–H groups in total. The predicted molar refractivity (Wildman–Crippen MR) is 120 cm³/mol. The van der Waals surface area contributed by atoms with Gasteiger partial charge in [-0.3, -0.25) is 9.59 Å². The van der Waals surface area contributed by atoms with Crippen molar-refractivity contribution in [3.63, 3.8) is 0 Å². The number of halogens is 1. The Hall–Kier alpha value is -3.42. The van der Waals surface area contributed by atoms with Gasteiger partial charge >= 0.3 is 0 Å². The number of rotatable bonds is 4. The van der Waals surface area contributed by atoms with E-state index in [0.717, 1.165) is 37.3 Å². The second-order valence-electron chi connectivity index (χ2n) is 8.65. The molecule has 8 heteroatoms. The molecule has 0 aliphatic carbocycles. The van der Waals surface area contributed by atoms with Crippen LogP contribution in [0.5, 0.6) is 5.75 Å². The second-order valence-corrected chi connectivity index (χ2v) is 8.65. The normalized spacial score (nSPS) is 17.7. The third kappa shape index (κ3) is 3.39. The summed E-state index contributed by atoms with van der Waals surface area (Å²) < 4.78 is 15.7. The average Bonchev–Trinajstić information content (AvgIpc) is 3.32. The first-order chi connectivity index (χ1) is 15.4. The molecular formula is C24H25FN4O3. The van der Waals surface area contributed by atoms with Gasteiger partial charge in [0.2, 0.25) is 0 Å². The Labute approximate surface area is 184 Å². The molecule has 0 radical (unpaired) electrons. The number of carbonyl (C=O) groups excluding carboxylic acids is 1. The molecule has 1 atom stereocenters. The first-order valence-corrected chi connectivity index (χ1v) is 11.0. The molecule has 0 bridgehead atoms. The quantitative estimate of drug-likeness (QED) is 0.656. The van der Waals surface area contributed by atoms with E-state index in [0.29, 0.717) is 23.9 Å². The van der Waals surface area contributed by atoms with E-state index in [2.05, 4.69) is 15.2 Å². The SMILES string of the molecule is CC1CCc2cc(F)cc3c(O)c(C(=O)NCc4ccc(N5CCCC5)nc4)c(=O)n1c23. The summed E-state index contributed by atoms with van der Waals surface area (Å²) in [7, 11) is 0. The van der Waals surface area contributed by atoms with E-state index in [1.54, 1.807) is 6.20 Å². The lowest BCUT2D eigenvalue weighted by Crippen LogP contribution is -2.36. The lowest BCUT2D eigenvalue weighted by Gasteiger charge is -2.26. The molecule has 166 valence electrons. The van der Waals surface area contributed by atoms with Crippen LogP contribution in [-0.2, 0) is 13.0 Å². The van der Waals surface area contributed by atoms with Crippen molar-refractivity contribution in [1.29, 1.82) is 0 Å². The van der Waals surface area contributed by atoms with Gasteiger partial charge < -0.3 is 19.9 Å². The molecule has 5 rings (SSSR count). The van der Waals surface area contributed by atoms with Crippen LogP contribution >= 0.6 is 0 Å². The third-order valence-corrected chi connectivity index (χ3v) is 6.51. The number of carbonyl (C=O) groups is 1. The monoisotopic (exact) mass is 436 g/mol. The van der Waals surface area contributed by atoms with Crippen molar-refractivity contribution >= 4 is 22.6 Å². The van der Waals surface area contributed by atoms with Crippen molar-refractivity contribution in [2.45, 2.75) is 45.2 Å². The van der Waals surface area contributed by atoms with Gasteiger partial charge in [0.05, 0.1) is 5.52 Å². The second kappa shape index (κ2) is 7.93. The van der Waals surface area contributed by atoms with Crippen LogP contribution in [0, 0.1) is 5.82 Å². The summed E-state index contributed by atoms with van der Waals surface area (Å²) in [5.74, 6) is -0.756. The first-order valence-electron chi connectivity index (χ1n) is 11.0. The number of amides is 1. The molecule has 2 aromatic heterocycles. The molecule has 1 unspecified atom stereocenters. The zero-order valence-corrected chi connectivity index (χ0v) is 17.9. The lowest BCUT2D eigenvalue weighted by molar-refractivity contribution is 0.0946. The summed E-state index contributed by atoms with van der Waals surface area (Å²) in [6.07, 6.45) is 5.30. The zero-order valence-electron chi connectivity index (χ0n) is 17.9. The van der Waals surface area contributed by atoms with E-state index in [4.69, 9.17) is 0 Å². The summed E-state index contributed by atoms with van der Waals surface area (Å²) >= 11 is 0. The van der Waals surface area contributed by atoms with Crippen LogP contribution in [0.25, 0.3) is 10.9 Å². The molecule has 2 aliphatic rings.